The fourth-order valence-electron chi connectivity index (χ4n) is 1.91. The normalized spacial score (nSPS) is 11.0. The summed E-state index contributed by atoms with van der Waals surface area (Å²) in [5, 5.41) is 1.46. The number of rotatable bonds is 5. The van der Waals surface area contributed by atoms with Crippen LogP contribution in [-0.2, 0) is 0 Å². The van der Waals surface area contributed by atoms with Crippen LogP contribution in [0.1, 0.15) is 20.3 Å². The zero-order valence-corrected chi connectivity index (χ0v) is 14.1. The molecule has 0 aliphatic carbocycles. The van der Waals surface area contributed by atoms with E-state index < -0.39 is 0 Å². The summed E-state index contributed by atoms with van der Waals surface area (Å²) in [5.74, 6) is 1.27. The van der Waals surface area contributed by atoms with Gasteiger partial charge in [0.1, 0.15) is 5.82 Å². The molecule has 0 fully saturated rings. The van der Waals surface area contributed by atoms with Gasteiger partial charge in [-0.15, -0.1) is 0 Å². The van der Waals surface area contributed by atoms with E-state index in [0.29, 0.717) is 21.8 Å². The molecule has 2 aromatic rings. The second-order valence-corrected chi connectivity index (χ2v) is 6.30. The maximum Gasteiger partial charge on any atom is 0.224 e. The van der Waals surface area contributed by atoms with E-state index in [0.717, 1.165) is 18.7 Å². The number of halogens is 3. The predicted octanol–water partition coefficient (Wildman–Crippen LogP) is 5.62. The van der Waals surface area contributed by atoms with Gasteiger partial charge >= 0.3 is 0 Å². The molecule has 0 saturated heterocycles. The molecular formula is C15H16Cl3N3. The predicted molar refractivity (Wildman–Crippen MR) is 90.0 cm³/mol. The highest BCUT2D eigenvalue weighted by Crippen LogP contribution is 2.33. The molecule has 0 N–H and O–H groups in total. The van der Waals surface area contributed by atoms with Crippen molar-refractivity contribution in [1.29, 1.82) is 0 Å². The van der Waals surface area contributed by atoms with Crippen LogP contribution in [0.25, 0.3) is 0 Å². The van der Waals surface area contributed by atoms with Crippen LogP contribution < -0.4 is 4.90 Å². The highest BCUT2D eigenvalue weighted by Gasteiger charge is 2.15. The van der Waals surface area contributed by atoms with Gasteiger partial charge in [-0.05, 0) is 48.2 Å². The third-order valence-corrected chi connectivity index (χ3v) is 3.75. The molecular weight excluding hydrogens is 329 g/mol. The number of benzene rings is 1. The molecule has 6 heteroatoms. The first-order valence-corrected chi connectivity index (χ1v) is 7.82. The molecule has 0 bridgehead atoms. The quantitative estimate of drug-likeness (QED) is 0.659. The molecule has 0 aliphatic heterocycles. The average molecular weight is 345 g/mol. The Bertz CT molecular complexity index is 617. The van der Waals surface area contributed by atoms with Gasteiger partial charge in [-0.2, -0.15) is 0 Å². The van der Waals surface area contributed by atoms with Gasteiger partial charge in [0, 0.05) is 17.8 Å². The van der Waals surface area contributed by atoms with Crippen LogP contribution in [0.2, 0.25) is 15.3 Å². The van der Waals surface area contributed by atoms with Gasteiger partial charge in [-0.1, -0.05) is 37.0 Å². The van der Waals surface area contributed by atoms with Crippen molar-refractivity contribution >= 4 is 46.3 Å². The molecule has 3 nitrogen and oxygen atoms in total. The van der Waals surface area contributed by atoms with Gasteiger partial charge in [0.05, 0.1) is 10.7 Å². The minimum Gasteiger partial charge on any atom is -0.325 e. The van der Waals surface area contributed by atoms with Crippen LogP contribution >= 0.6 is 34.8 Å². The van der Waals surface area contributed by atoms with Gasteiger partial charge in [0.25, 0.3) is 0 Å². The highest BCUT2D eigenvalue weighted by atomic mass is 35.5. The Morgan fingerprint density at radius 2 is 1.90 bits per heavy atom. The van der Waals surface area contributed by atoms with Crippen molar-refractivity contribution in [3.63, 3.8) is 0 Å². The van der Waals surface area contributed by atoms with E-state index in [1.807, 2.05) is 17.0 Å². The summed E-state index contributed by atoms with van der Waals surface area (Å²) in [7, 11) is 0. The van der Waals surface area contributed by atoms with E-state index in [1.165, 1.54) is 0 Å². The van der Waals surface area contributed by atoms with E-state index in [4.69, 9.17) is 34.8 Å². The Morgan fingerprint density at radius 1 is 1.14 bits per heavy atom. The Hall–Kier alpha value is -1.03. The lowest BCUT2D eigenvalue weighted by molar-refractivity contribution is 0.590. The van der Waals surface area contributed by atoms with Crippen LogP contribution in [0, 0.1) is 5.92 Å². The van der Waals surface area contributed by atoms with Gasteiger partial charge < -0.3 is 4.90 Å². The third-order valence-electron chi connectivity index (χ3n) is 3.02. The first-order valence-electron chi connectivity index (χ1n) is 6.68. The van der Waals surface area contributed by atoms with E-state index in [2.05, 4.69) is 23.8 Å². The lowest BCUT2D eigenvalue weighted by atomic mass is 10.1. The largest absolute Gasteiger partial charge is 0.325 e. The van der Waals surface area contributed by atoms with E-state index >= 15 is 0 Å². The van der Waals surface area contributed by atoms with Crippen LogP contribution in [0.15, 0.2) is 30.5 Å². The Labute approximate surface area is 139 Å². The van der Waals surface area contributed by atoms with Crippen LogP contribution in [-0.4, -0.2) is 16.5 Å². The standard InChI is InChI=1S/C15H16Cl3N3/c1-10(2)6-8-21(14-5-7-19-15(18)20-14)13-9-11(16)3-4-12(13)17/h3-5,7,9-10H,6,8H2,1-2H3. The zero-order valence-electron chi connectivity index (χ0n) is 11.9. The molecule has 1 heterocycles. The third kappa shape index (κ3) is 4.47. The topological polar surface area (TPSA) is 29.0 Å². The molecule has 0 spiro atoms. The molecule has 0 aliphatic rings. The summed E-state index contributed by atoms with van der Waals surface area (Å²) in [6, 6.07) is 7.19. The summed E-state index contributed by atoms with van der Waals surface area (Å²) >= 11 is 18.3. The Balaban J connectivity index is 2.42. The summed E-state index contributed by atoms with van der Waals surface area (Å²) in [6.07, 6.45) is 2.62. The number of nitrogens with zero attached hydrogens (tertiary/aromatic N) is 3. The van der Waals surface area contributed by atoms with E-state index in [-0.39, 0.29) is 5.28 Å². The molecule has 21 heavy (non-hydrogen) atoms. The lowest BCUT2D eigenvalue weighted by Gasteiger charge is -2.25. The fourth-order valence-corrected chi connectivity index (χ4v) is 2.44. The molecule has 0 atom stereocenters. The first-order chi connectivity index (χ1) is 9.97. The summed E-state index contributed by atoms with van der Waals surface area (Å²) in [5.41, 5.74) is 0.819. The van der Waals surface area contributed by atoms with Crippen LogP contribution in [0.3, 0.4) is 0 Å². The van der Waals surface area contributed by atoms with E-state index in [1.54, 1.807) is 18.3 Å². The van der Waals surface area contributed by atoms with Crippen molar-refractivity contribution in [2.75, 3.05) is 11.4 Å². The average Bonchev–Trinajstić information content (AvgIpc) is 2.42. The van der Waals surface area contributed by atoms with Crippen molar-refractivity contribution in [2.24, 2.45) is 5.92 Å². The van der Waals surface area contributed by atoms with Gasteiger partial charge in [0.2, 0.25) is 5.28 Å². The second kappa shape index (κ2) is 7.30. The second-order valence-electron chi connectivity index (χ2n) is 5.11. The molecule has 2 rings (SSSR count). The number of anilines is 2. The van der Waals surface area contributed by atoms with Crippen LogP contribution in [0.5, 0.6) is 0 Å². The molecule has 1 aromatic carbocycles. The van der Waals surface area contributed by atoms with Gasteiger partial charge in [-0.25, -0.2) is 9.97 Å². The number of aromatic nitrogens is 2. The monoisotopic (exact) mass is 343 g/mol. The summed E-state index contributed by atoms with van der Waals surface area (Å²) in [4.78, 5) is 10.2. The Kier molecular flexibility index (Phi) is 5.68. The summed E-state index contributed by atoms with van der Waals surface area (Å²) in [6.45, 7) is 5.11. The minimum absolute atomic E-state index is 0.209. The van der Waals surface area contributed by atoms with Crippen molar-refractivity contribution < 1.29 is 0 Å². The SMILES string of the molecule is CC(C)CCN(c1ccnc(Cl)n1)c1cc(Cl)ccc1Cl. The maximum atomic E-state index is 6.32. The molecule has 1 aromatic heterocycles. The van der Waals surface area contributed by atoms with E-state index in [9.17, 15) is 0 Å². The number of hydrogen-bond donors (Lipinski definition) is 0. The van der Waals surface area contributed by atoms with Crippen molar-refractivity contribution in [2.45, 2.75) is 20.3 Å². The molecule has 0 radical (unpaired) electrons. The molecule has 0 amide bonds. The van der Waals surface area contributed by atoms with Gasteiger partial charge in [0.15, 0.2) is 0 Å². The van der Waals surface area contributed by atoms with Crippen molar-refractivity contribution in [3.05, 3.63) is 45.8 Å². The number of hydrogen-bond acceptors (Lipinski definition) is 3. The van der Waals surface area contributed by atoms with Gasteiger partial charge in [-0.3, -0.25) is 0 Å². The highest BCUT2D eigenvalue weighted by molar-refractivity contribution is 6.35. The van der Waals surface area contributed by atoms with Crippen LogP contribution in [0.4, 0.5) is 11.5 Å². The maximum absolute atomic E-state index is 6.32. The first kappa shape index (κ1) is 16.3. The van der Waals surface area contributed by atoms with Crippen molar-refractivity contribution in [3.8, 4) is 0 Å². The zero-order chi connectivity index (χ0) is 15.4. The fraction of sp³-hybridized carbons (Fsp3) is 0.333. The lowest BCUT2D eigenvalue weighted by Crippen LogP contribution is -2.21. The molecule has 0 saturated carbocycles. The minimum atomic E-state index is 0.209. The smallest absolute Gasteiger partial charge is 0.224 e. The Morgan fingerprint density at radius 3 is 2.57 bits per heavy atom. The molecule has 112 valence electrons. The molecule has 0 unspecified atom stereocenters. The van der Waals surface area contributed by atoms with Crippen molar-refractivity contribution in [1.82, 2.24) is 9.97 Å². The summed E-state index contributed by atoms with van der Waals surface area (Å²) < 4.78 is 0.